The van der Waals surface area contributed by atoms with Crippen molar-refractivity contribution in [2.24, 2.45) is 5.84 Å². The molecule has 0 saturated heterocycles. The molecular weight excluding hydrogens is 260 g/mol. The van der Waals surface area contributed by atoms with Gasteiger partial charge in [0.25, 0.3) is 11.5 Å². The van der Waals surface area contributed by atoms with E-state index < -0.39 is 17.2 Å². The van der Waals surface area contributed by atoms with Crippen LogP contribution in [0.15, 0.2) is 29.1 Å². The lowest BCUT2D eigenvalue weighted by molar-refractivity contribution is 0.0943. The third-order valence-corrected chi connectivity index (χ3v) is 2.71. The summed E-state index contributed by atoms with van der Waals surface area (Å²) in [5.41, 5.74) is 3.43. The number of hydrogen-bond acceptors (Lipinski definition) is 5. The zero-order valence-corrected chi connectivity index (χ0v) is 11.0. The SMILES string of the molecule is Cc1cc(C)cc(-n2nc(C(=O)NN)c(O)cc2=O)c1. The minimum atomic E-state index is -0.777. The predicted octanol–water partition coefficient (Wildman–Crippen LogP) is 0.158. The summed E-state index contributed by atoms with van der Waals surface area (Å²) >= 11 is 0. The van der Waals surface area contributed by atoms with Gasteiger partial charge in [0.1, 0.15) is 0 Å². The van der Waals surface area contributed by atoms with Crippen molar-refractivity contribution in [3.8, 4) is 11.4 Å². The van der Waals surface area contributed by atoms with E-state index in [-0.39, 0.29) is 5.69 Å². The van der Waals surface area contributed by atoms with Crippen molar-refractivity contribution in [1.29, 1.82) is 0 Å². The van der Waals surface area contributed by atoms with Gasteiger partial charge in [0.2, 0.25) is 0 Å². The molecule has 0 spiro atoms. The standard InChI is InChI=1S/C13H14N4O3/c1-7-3-8(2)5-9(4-7)17-11(19)6-10(18)12(16-17)13(20)15-14/h3-6,18H,14H2,1-2H3,(H,15,20). The Labute approximate surface area is 114 Å². The molecule has 0 unspecified atom stereocenters. The van der Waals surface area contributed by atoms with Crippen molar-refractivity contribution in [2.75, 3.05) is 0 Å². The number of nitrogens with two attached hydrogens (primary N) is 1. The van der Waals surface area contributed by atoms with Gasteiger partial charge in [-0.1, -0.05) is 6.07 Å². The molecule has 1 amide bonds. The summed E-state index contributed by atoms with van der Waals surface area (Å²) in [7, 11) is 0. The number of aromatic nitrogens is 2. The molecule has 1 aromatic heterocycles. The Bertz CT molecular complexity index is 717. The Morgan fingerprint density at radius 3 is 2.40 bits per heavy atom. The summed E-state index contributed by atoms with van der Waals surface area (Å²) in [6.45, 7) is 3.77. The maximum Gasteiger partial charge on any atom is 0.289 e. The molecule has 7 heteroatoms. The highest BCUT2D eigenvalue weighted by atomic mass is 16.3. The highest BCUT2D eigenvalue weighted by Gasteiger charge is 2.15. The van der Waals surface area contributed by atoms with E-state index in [0.29, 0.717) is 5.69 Å². The van der Waals surface area contributed by atoms with E-state index in [1.54, 1.807) is 12.1 Å². The number of carbonyl (C=O) groups excluding carboxylic acids is 1. The number of hydrogen-bond donors (Lipinski definition) is 3. The molecule has 1 aromatic carbocycles. The van der Waals surface area contributed by atoms with Crippen molar-refractivity contribution >= 4 is 5.91 Å². The van der Waals surface area contributed by atoms with Crippen LogP contribution in [0.25, 0.3) is 5.69 Å². The number of amides is 1. The summed E-state index contributed by atoms with van der Waals surface area (Å²) < 4.78 is 1.05. The third-order valence-electron chi connectivity index (χ3n) is 2.71. The van der Waals surface area contributed by atoms with E-state index in [2.05, 4.69) is 5.10 Å². The van der Waals surface area contributed by atoms with Crippen molar-refractivity contribution < 1.29 is 9.90 Å². The van der Waals surface area contributed by atoms with Crippen LogP contribution in [0.5, 0.6) is 5.75 Å². The number of aryl methyl sites for hydroxylation is 2. The second-order valence-corrected chi connectivity index (χ2v) is 4.45. The molecule has 0 aliphatic heterocycles. The number of nitrogens with zero attached hydrogens (tertiary/aromatic N) is 2. The minimum Gasteiger partial charge on any atom is -0.505 e. The van der Waals surface area contributed by atoms with Crippen LogP contribution in [-0.4, -0.2) is 20.8 Å². The smallest absolute Gasteiger partial charge is 0.289 e. The summed E-state index contributed by atoms with van der Waals surface area (Å²) in [6, 6.07) is 6.38. The maximum absolute atomic E-state index is 11.9. The van der Waals surface area contributed by atoms with Gasteiger partial charge in [0, 0.05) is 6.07 Å². The van der Waals surface area contributed by atoms with Gasteiger partial charge in [-0.25, -0.2) is 5.84 Å². The van der Waals surface area contributed by atoms with E-state index >= 15 is 0 Å². The van der Waals surface area contributed by atoms with Crippen molar-refractivity contribution in [3.63, 3.8) is 0 Å². The van der Waals surface area contributed by atoms with Crippen LogP contribution in [0.1, 0.15) is 21.6 Å². The quantitative estimate of drug-likeness (QED) is 0.410. The summed E-state index contributed by atoms with van der Waals surface area (Å²) in [4.78, 5) is 23.4. The van der Waals surface area contributed by atoms with Crippen molar-refractivity contribution in [3.05, 3.63) is 51.4 Å². The number of rotatable bonds is 2. The molecule has 2 aromatic rings. The first-order valence-electron chi connectivity index (χ1n) is 5.85. The fourth-order valence-electron chi connectivity index (χ4n) is 1.93. The fraction of sp³-hybridized carbons (Fsp3) is 0.154. The third kappa shape index (κ3) is 2.52. The van der Waals surface area contributed by atoms with Crippen LogP contribution < -0.4 is 16.8 Å². The van der Waals surface area contributed by atoms with Gasteiger partial charge in [-0.2, -0.15) is 9.78 Å². The monoisotopic (exact) mass is 274 g/mol. The Kier molecular flexibility index (Phi) is 3.53. The zero-order valence-electron chi connectivity index (χ0n) is 11.0. The Hall–Kier alpha value is -2.67. The lowest BCUT2D eigenvalue weighted by Gasteiger charge is -2.09. The van der Waals surface area contributed by atoms with E-state index in [4.69, 9.17) is 5.84 Å². The minimum absolute atomic E-state index is 0.314. The molecule has 0 fully saturated rings. The molecule has 4 N–H and O–H groups in total. The number of carbonyl (C=O) groups is 1. The van der Waals surface area contributed by atoms with Gasteiger partial charge >= 0.3 is 0 Å². The lowest BCUT2D eigenvalue weighted by Crippen LogP contribution is -2.33. The van der Waals surface area contributed by atoms with Crippen LogP contribution >= 0.6 is 0 Å². The van der Waals surface area contributed by atoms with Crippen LogP contribution in [0.3, 0.4) is 0 Å². The van der Waals surface area contributed by atoms with Gasteiger partial charge in [0.15, 0.2) is 11.4 Å². The van der Waals surface area contributed by atoms with E-state index in [0.717, 1.165) is 21.9 Å². The fourth-order valence-corrected chi connectivity index (χ4v) is 1.93. The summed E-state index contributed by atoms with van der Waals surface area (Å²) in [5.74, 6) is 3.72. The van der Waals surface area contributed by atoms with E-state index in [1.807, 2.05) is 25.3 Å². The molecule has 2 rings (SSSR count). The molecule has 0 aliphatic carbocycles. The summed E-state index contributed by atoms with van der Waals surface area (Å²) in [5, 5.41) is 13.4. The molecule has 0 aliphatic rings. The molecule has 0 atom stereocenters. The number of hydrazine groups is 1. The number of benzene rings is 1. The van der Waals surface area contributed by atoms with Crippen LogP contribution in [0.2, 0.25) is 0 Å². The summed E-state index contributed by atoms with van der Waals surface area (Å²) in [6.07, 6.45) is 0. The number of nitrogens with one attached hydrogen (secondary N) is 1. The molecular formula is C13H14N4O3. The van der Waals surface area contributed by atoms with Gasteiger partial charge in [0.05, 0.1) is 5.69 Å². The first kappa shape index (κ1) is 13.8. The second-order valence-electron chi connectivity index (χ2n) is 4.45. The molecule has 0 bridgehead atoms. The van der Waals surface area contributed by atoms with E-state index in [9.17, 15) is 14.7 Å². The molecule has 1 heterocycles. The van der Waals surface area contributed by atoms with Crippen molar-refractivity contribution in [1.82, 2.24) is 15.2 Å². The predicted molar refractivity (Wildman–Crippen MR) is 72.6 cm³/mol. The van der Waals surface area contributed by atoms with E-state index in [1.165, 1.54) is 0 Å². The van der Waals surface area contributed by atoms with Crippen LogP contribution in [-0.2, 0) is 0 Å². The Morgan fingerprint density at radius 1 is 1.25 bits per heavy atom. The first-order chi connectivity index (χ1) is 9.42. The van der Waals surface area contributed by atoms with Crippen LogP contribution in [0, 0.1) is 13.8 Å². The highest BCUT2D eigenvalue weighted by Crippen LogP contribution is 2.14. The number of aromatic hydroxyl groups is 1. The Morgan fingerprint density at radius 2 is 1.85 bits per heavy atom. The average Bonchev–Trinajstić information content (AvgIpc) is 2.36. The normalized spacial score (nSPS) is 10.3. The number of nitrogen functional groups attached to an aromatic ring is 1. The zero-order chi connectivity index (χ0) is 14.9. The Balaban J connectivity index is 2.68. The molecule has 7 nitrogen and oxygen atoms in total. The van der Waals surface area contributed by atoms with Crippen molar-refractivity contribution in [2.45, 2.75) is 13.8 Å². The second kappa shape index (κ2) is 5.14. The van der Waals surface area contributed by atoms with Gasteiger partial charge < -0.3 is 5.11 Å². The molecule has 0 saturated carbocycles. The van der Waals surface area contributed by atoms with Gasteiger partial charge in [-0.05, 0) is 37.1 Å². The lowest BCUT2D eigenvalue weighted by atomic mass is 10.1. The average molecular weight is 274 g/mol. The molecule has 0 radical (unpaired) electrons. The topological polar surface area (TPSA) is 110 Å². The maximum atomic E-state index is 11.9. The van der Waals surface area contributed by atoms with Gasteiger partial charge in [-0.15, -0.1) is 0 Å². The molecule has 20 heavy (non-hydrogen) atoms. The van der Waals surface area contributed by atoms with Crippen LogP contribution in [0.4, 0.5) is 0 Å². The molecule has 104 valence electrons. The largest absolute Gasteiger partial charge is 0.505 e. The first-order valence-corrected chi connectivity index (χ1v) is 5.85. The van der Waals surface area contributed by atoms with Gasteiger partial charge in [-0.3, -0.25) is 15.0 Å². The highest BCUT2D eigenvalue weighted by molar-refractivity contribution is 5.94.